The lowest BCUT2D eigenvalue weighted by atomic mass is 10.1. The number of nitrogens with zero attached hydrogens (tertiary/aromatic N) is 2. The second-order valence-electron chi connectivity index (χ2n) is 4.69. The number of para-hydroxylation sites is 2. The van der Waals surface area contributed by atoms with Crippen molar-refractivity contribution in [2.24, 2.45) is 0 Å². The Kier molecular flexibility index (Phi) is 2.46. The van der Waals surface area contributed by atoms with Crippen LogP contribution in [-0.4, -0.2) is 9.97 Å². The number of hydrogen-bond donors (Lipinski definition) is 0. The van der Waals surface area contributed by atoms with Gasteiger partial charge in [-0.2, -0.15) is 0 Å². The van der Waals surface area contributed by atoms with Crippen molar-refractivity contribution in [2.45, 2.75) is 0 Å². The number of aromatic nitrogens is 2. The standard InChI is InChI=1S/C18H11N2/c1-3-7-15-13(5-1)9-11-17(19-15)18-12-10-14-6-2-4-8-16(14)20-18/h1-9,11-12H. The van der Waals surface area contributed by atoms with Crippen molar-refractivity contribution in [3.63, 3.8) is 0 Å². The molecule has 0 saturated carbocycles. The molecule has 0 amide bonds. The van der Waals surface area contributed by atoms with Gasteiger partial charge in [0.2, 0.25) is 0 Å². The van der Waals surface area contributed by atoms with Gasteiger partial charge in [-0.05, 0) is 30.3 Å². The second kappa shape index (κ2) is 4.42. The summed E-state index contributed by atoms with van der Waals surface area (Å²) in [7, 11) is 0. The Bertz CT molecular complexity index is 836. The van der Waals surface area contributed by atoms with Crippen LogP contribution in [0.2, 0.25) is 0 Å². The molecule has 2 nitrogen and oxygen atoms in total. The monoisotopic (exact) mass is 255 g/mol. The highest BCUT2D eigenvalue weighted by molar-refractivity contribution is 5.83. The largest absolute Gasteiger partial charge is 0.246 e. The van der Waals surface area contributed by atoms with Crippen LogP contribution < -0.4 is 0 Å². The second-order valence-corrected chi connectivity index (χ2v) is 4.69. The first-order valence-electron chi connectivity index (χ1n) is 6.54. The average Bonchev–Trinajstić information content (AvgIpc) is 2.54. The van der Waals surface area contributed by atoms with Crippen LogP contribution in [-0.2, 0) is 0 Å². The van der Waals surface area contributed by atoms with Crippen molar-refractivity contribution in [3.05, 3.63) is 72.8 Å². The molecule has 2 heterocycles. The fourth-order valence-electron chi connectivity index (χ4n) is 2.34. The van der Waals surface area contributed by atoms with E-state index in [2.05, 4.69) is 28.2 Å². The molecule has 0 bridgehead atoms. The van der Waals surface area contributed by atoms with E-state index in [1.165, 1.54) is 0 Å². The minimum Gasteiger partial charge on any atom is -0.246 e. The predicted molar refractivity (Wildman–Crippen MR) is 81.3 cm³/mol. The van der Waals surface area contributed by atoms with Gasteiger partial charge in [0.15, 0.2) is 0 Å². The molecule has 2 aromatic carbocycles. The summed E-state index contributed by atoms with van der Waals surface area (Å²) in [6.45, 7) is 0. The van der Waals surface area contributed by atoms with Gasteiger partial charge >= 0.3 is 0 Å². The third-order valence-electron chi connectivity index (χ3n) is 3.37. The van der Waals surface area contributed by atoms with Gasteiger partial charge in [0.05, 0.1) is 22.4 Å². The molecule has 0 saturated heterocycles. The molecule has 0 N–H and O–H groups in total. The molecule has 4 rings (SSSR count). The molecule has 0 spiro atoms. The molecule has 0 fully saturated rings. The van der Waals surface area contributed by atoms with Gasteiger partial charge in [0.25, 0.3) is 0 Å². The zero-order valence-electron chi connectivity index (χ0n) is 10.7. The summed E-state index contributed by atoms with van der Waals surface area (Å²) < 4.78 is 0. The highest BCUT2D eigenvalue weighted by Gasteiger charge is 2.04. The van der Waals surface area contributed by atoms with Gasteiger partial charge in [0.1, 0.15) is 0 Å². The summed E-state index contributed by atoms with van der Waals surface area (Å²) in [6.07, 6.45) is 0. The number of pyridine rings is 2. The highest BCUT2D eigenvalue weighted by Crippen LogP contribution is 2.21. The summed E-state index contributed by atoms with van der Waals surface area (Å²) in [5.74, 6) is 0. The Morgan fingerprint density at radius 2 is 1.40 bits per heavy atom. The van der Waals surface area contributed by atoms with Gasteiger partial charge in [-0.1, -0.05) is 42.5 Å². The molecule has 0 aliphatic heterocycles. The van der Waals surface area contributed by atoms with E-state index in [4.69, 9.17) is 0 Å². The molecule has 1 radical (unpaired) electrons. The third-order valence-corrected chi connectivity index (χ3v) is 3.37. The van der Waals surface area contributed by atoms with E-state index >= 15 is 0 Å². The fraction of sp³-hybridized carbons (Fsp3) is 0. The lowest BCUT2D eigenvalue weighted by molar-refractivity contribution is 1.32. The predicted octanol–water partition coefficient (Wildman–Crippen LogP) is 4.25. The summed E-state index contributed by atoms with van der Waals surface area (Å²) in [5.41, 5.74) is 3.67. The van der Waals surface area contributed by atoms with Gasteiger partial charge < -0.3 is 0 Å². The van der Waals surface area contributed by atoms with E-state index in [-0.39, 0.29) is 0 Å². The molecule has 0 unspecified atom stereocenters. The van der Waals surface area contributed by atoms with Crippen molar-refractivity contribution < 1.29 is 0 Å². The van der Waals surface area contributed by atoms with Crippen molar-refractivity contribution >= 4 is 21.8 Å². The van der Waals surface area contributed by atoms with Gasteiger partial charge in [-0.3, -0.25) is 0 Å². The molecular weight excluding hydrogens is 244 g/mol. The van der Waals surface area contributed by atoms with E-state index in [0.29, 0.717) is 0 Å². The summed E-state index contributed by atoms with van der Waals surface area (Å²) in [5, 5.41) is 2.16. The minimum absolute atomic E-state index is 0.856. The molecule has 0 aliphatic rings. The molecule has 2 heteroatoms. The van der Waals surface area contributed by atoms with E-state index < -0.39 is 0 Å². The number of fused-ring (bicyclic) bond motifs is 2. The first kappa shape index (κ1) is 11.1. The van der Waals surface area contributed by atoms with Crippen LogP contribution in [0.3, 0.4) is 0 Å². The van der Waals surface area contributed by atoms with Gasteiger partial charge in [0, 0.05) is 10.8 Å². The Morgan fingerprint density at radius 3 is 2.35 bits per heavy atom. The molecule has 20 heavy (non-hydrogen) atoms. The zero-order valence-corrected chi connectivity index (χ0v) is 10.7. The Morgan fingerprint density at radius 1 is 0.650 bits per heavy atom. The molecular formula is C18H11N2. The molecule has 0 atom stereocenters. The number of rotatable bonds is 1. The molecule has 0 aliphatic carbocycles. The topological polar surface area (TPSA) is 25.8 Å². The van der Waals surface area contributed by atoms with E-state index in [0.717, 1.165) is 33.2 Å². The van der Waals surface area contributed by atoms with Crippen LogP contribution >= 0.6 is 0 Å². The van der Waals surface area contributed by atoms with Crippen LogP contribution in [0.5, 0.6) is 0 Å². The normalized spacial score (nSPS) is 11.0. The van der Waals surface area contributed by atoms with Gasteiger partial charge in [-0.15, -0.1) is 0 Å². The first-order valence-corrected chi connectivity index (χ1v) is 6.54. The Hall–Kier alpha value is -2.74. The van der Waals surface area contributed by atoms with Gasteiger partial charge in [-0.25, -0.2) is 9.97 Å². The number of benzene rings is 2. The fourth-order valence-corrected chi connectivity index (χ4v) is 2.34. The Labute approximate surface area is 116 Å². The molecule has 93 valence electrons. The van der Waals surface area contributed by atoms with Crippen LogP contribution in [0.15, 0.2) is 66.7 Å². The van der Waals surface area contributed by atoms with Crippen LogP contribution in [0.1, 0.15) is 0 Å². The van der Waals surface area contributed by atoms with Crippen molar-refractivity contribution in [1.82, 2.24) is 9.97 Å². The summed E-state index contributed by atoms with van der Waals surface area (Å²) >= 11 is 0. The number of hydrogen-bond acceptors (Lipinski definition) is 2. The Balaban J connectivity index is 1.91. The van der Waals surface area contributed by atoms with Crippen LogP contribution in [0.4, 0.5) is 0 Å². The lowest BCUT2D eigenvalue weighted by Gasteiger charge is -2.04. The molecule has 4 aromatic rings. The molecule has 2 aromatic heterocycles. The zero-order chi connectivity index (χ0) is 13.4. The lowest BCUT2D eigenvalue weighted by Crippen LogP contribution is -1.89. The first-order chi connectivity index (χ1) is 9.90. The quantitative estimate of drug-likeness (QED) is 0.508. The summed E-state index contributed by atoms with van der Waals surface area (Å²) in [4.78, 5) is 9.33. The highest BCUT2D eigenvalue weighted by atomic mass is 14.8. The van der Waals surface area contributed by atoms with E-state index in [9.17, 15) is 0 Å². The van der Waals surface area contributed by atoms with Crippen LogP contribution in [0.25, 0.3) is 33.2 Å². The van der Waals surface area contributed by atoms with Crippen LogP contribution in [0, 0.1) is 6.07 Å². The smallest absolute Gasteiger partial charge is 0.0900 e. The van der Waals surface area contributed by atoms with Crippen molar-refractivity contribution in [2.75, 3.05) is 0 Å². The van der Waals surface area contributed by atoms with E-state index in [1.54, 1.807) is 0 Å². The SMILES string of the molecule is [c]1cc(-c2ccc3ccccc3n2)nc2ccccc12. The minimum atomic E-state index is 0.856. The maximum atomic E-state index is 4.67. The average molecular weight is 255 g/mol. The summed E-state index contributed by atoms with van der Waals surface area (Å²) in [6, 6.07) is 25.3. The van der Waals surface area contributed by atoms with Crippen molar-refractivity contribution in [1.29, 1.82) is 0 Å². The maximum absolute atomic E-state index is 4.67. The van der Waals surface area contributed by atoms with Crippen molar-refractivity contribution in [3.8, 4) is 11.4 Å². The maximum Gasteiger partial charge on any atom is 0.0900 e. The third kappa shape index (κ3) is 1.82. The van der Waals surface area contributed by atoms with E-state index in [1.807, 2.05) is 54.6 Å².